The van der Waals surface area contributed by atoms with E-state index in [1.165, 1.54) is 0 Å². The minimum absolute atomic E-state index is 0.0584. The summed E-state index contributed by atoms with van der Waals surface area (Å²) in [6.45, 7) is 1.59. The van der Waals surface area contributed by atoms with Gasteiger partial charge in [-0.25, -0.2) is 0 Å². The maximum absolute atomic E-state index is 11.2. The molecule has 0 aliphatic carbocycles. The summed E-state index contributed by atoms with van der Waals surface area (Å²) in [6.07, 6.45) is -1.02. The van der Waals surface area contributed by atoms with Gasteiger partial charge in [-0.15, -0.1) is 16.8 Å². The maximum Gasteiger partial charge on any atom is 0.506 e. The summed E-state index contributed by atoms with van der Waals surface area (Å²) in [4.78, 5) is 43.2. The van der Waals surface area contributed by atoms with E-state index in [1.54, 1.807) is 0 Å². The van der Waals surface area contributed by atoms with Gasteiger partial charge in [-0.1, -0.05) is 0 Å². The van der Waals surface area contributed by atoms with Crippen LogP contribution in [0.1, 0.15) is 39.5 Å². The second-order valence-electron chi connectivity index (χ2n) is 4.08. The van der Waals surface area contributed by atoms with E-state index < -0.39 is 57.5 Å². The van der Waals surface area contributed by atoms with Crippen LogP contribution in [0.5, 0.6) is 0 Å². The molecule has 0 aromatic heterocycles. The van der Waals surface area contributed by atoms with E-state index in [0.29, 0.717) is 0 Å². The minimum Gasteiger partial charge on any atom is -0.316 e. The van der Waals surface area contributed by atoms with Gasteiger partial charge < -0.3 is 16.7 Å². The lowest BCUT2D eigenvalue weighted by Gasteiger charge is -2.05. The fraction of sp³-hybridized carbons (Fsp3) is 0.600. The smallest absolute Gasteiger partial charge is 0.316 e. The number of carbonyl (C=O) groups excluding carboxylic acids is 4. The van der Waals surface area contributed by atoms with Gasteiger partial charge in [0, 0.05) is 26.7 Å². The monoisotopic (exact) mass is 390 g/mol. The molecule has 0 bridgehead atoms. The summed E-state index contributed by atoms with van der Waals surface area (Å²) in [5.74, 6) is -4.87. The number of unbranched alkanes of at least 4 members (excludes halogenated alkanes) is 1. The largest absolute Gasteiger partial charge is 0.506 e. The lowest BCUT2D eigenvalue weighted by molar-refractivity contribution is -0.139. The first-order valence-electron chi connectivity index (χ1n) is 6.17. The number of rotatable bonds is 9. The van der Waals surface area contributed by atoms with Crippen LogP contribution in [0.4, 0.5) is 0 Å². The molecule has 24 heavy (non-hydrogen) atoms. The lowest BCUT2D eigenvalue weighted by Crippen LogP contribution is -2.18. The Labute approximate surface area is 137 Å². The third kappa shape index (κ3) is 11.4. The Morgan fingerprint density at radius 1 is 0.625 bits per heavy atom. The molecule has 0 saturated carbocycles. The average Bonchev–Trinajstić information content (AvgIpc) is 2.29. The molecule has 0 fully saturated rings. The summed E-state index contributed by atoms with van der Waals surface area (Å²) in [7, 11) is -9.58. The highest BCUT2D eigenvalue weighted by Gasteiger charge is 2.22. The van der Waals surface area contributed by atoms with Crippen molar-refractivity contribution in [1.29, 1.82) is 0 Å². The van der Waals surface area contributed by atoms with Crippen LogP contribution in [0.25, 0.3) is 0 Å². The normalized spacial score (nSPS) is 11.2. The van der Waals surface area contributed by atoms with Crippen molar-refractivity contribution in [2.45, 2.75) is 39.5 Å². The summed E-state index contributed by atoms with van der Waals surface area (Å²) in [5, 5.41) is 0. The predicted molar refractivity (Wildman–Crippen MR) is 72.0 cm³/mol. The molecule has 0 N–H and O–H groups in total. The van der Waals surface area contributed by atoms with Crippen molar-refractivity contribution in [1.82, 2.24) is 0 Å². The quantitative estimate of drug-likeness (QED) is 0.451. The molecular formula is C10H14O12S2. The first-order valence-corrected chi connectivity index (χ1v) is 8.84. The molecule has 0 atom stereocenters. The van der Waals surface area contributed by atoms with Crippen LogP contribution >= 0.6 is 0 Å². The Morgan fingerprint density at radius 3 is 1.17 bits per heavy atom. The highest BCUT2D eigenvalue weighted by Crippen LogP contribution is 2.07. The SMILES string of the molecule is CC(=O)OS(=O)(=O)OC(=O)CCCCC(=O)OS(=O)(=O)OC(C)=O. The van der Waals surface area contributed by atoms with Gasteiger partial charge in [0.15, 0.2) is 0 Å². The molecule has 0 heterocycles. The zero-order valence-corrected chi connectivity index (χ0v) is 14.2. The number of hydrogen-bond donors (Lipinski definition) is 0. The molecule has 0 spiro atoms. The van der Waals surface area contributed by atoms with Crippen molar-refractivity contribution < 1.29 is 52.7 Å². The summed E-state index contributed by atoms with van der Waals surface area (Å²) < 4.78 is 59.2. The first kappa shape index (κ1) is 21.8. The van der Waals surface area contributed by atoms with Gasteiger partial charge in [0.25, 0.3) is 0 Å². The molecular weight excluding hydrogens is 376 g/mol. The second-order valence-corrected chi connectivity index (χ2v) is 6.38. The van der Waals surface area contributed by atoms with Crippen molar-refractivity contribution in [2.75, 3.05) is 0 Å². The van der Waals surface area contributed by atoms with Gasteiger partial charge in [0.05, 0.1) is 0 Å². The van der Waals surface area contributed by atoms with E-state index >= 15 is 0 Å². The van der Waals surface area contributed by atoms with E-state index in [2.05, 4.69) is 16.7 Å². The van der Waals surface area contributed by atoms with Crippen LogP contribution in [-0.2, 0) is 56.7 Å². The molecule has 0 saturated heterocycles. The summed E-state index contributed by atoms with van der Waals surface area (Å²) >= 11 is 0. The maximum atomic E-state index is 11.2. The molecule has 0 aromatic carbocycles. The van der Waals surface area contributed by atoms with E-state index in [9.17, 15) is 36.0 Å². The highest BCUT2D eigenvalue weighted by molar-refractivity contribution is 7.83. The van der Waals surface area contributed by atoms with E-state index in [4.69, 9.17) is 0 Å². The van der Waals surface area contributed by atoms with Gasteiger partial charge >= 0.3 is 44.7 Å². The lowest BCUT2D eigenvalue weighted by atomic mass is 10.2. The van der Waals surface area contributed by atoms with Gasteiger partial charge in [-0.05, 0) is 12.8 Å². The average molecular weight is 390 g/mol. The van der Waals surface area contributed by atoms with Crippen LogP contribution in [-0.4, -0.2) is 40.7 Å². The van der Waals surface area contributed by atoms with Crippen molar-refractivity contribution >= 4 is 44.7 Å². The Balaban J connectivity index is 4.13. The minimum atomic E-state index is -4.79. The van der Waals surface area contributed by atoms with Crippen LogP contribution in [0.3, 0.4) is 0 Å². The van der Waals surface area contributed by atoms with Crippen LogP contribution in [0.2, 0.25) is 0 Å². The molecule has 0 unspecified atom stereocenters. The fourth-order valence-electron chi connectivity index (χ4n) is 1.17. The Morgan fingerprint density at radius 2 is 0.917 bits per heavy atom. The molecule has 0 radical (unpaired) electrons. The third-order valence-electron chi connectivity index (χ3n) is 1.84. The molecule has 0 aromatic rings. The van der Waals surface area contributed by atoms with E-state index in [1.807, 2.05) is 0 Å². The second kappa shape index (κ2) is 9.17. The number of carbonyl (C=O) groups is 4. The van der Waals surface area contributed by atoms with Crippen molar-refractivity contribution in [3.8, 4) is 0 Å². The number of hydrogen-bond acceptors (Lipinski definition) is 12. The Kier molecular flexibility index (Phi) is 8.32. The highest BCUT2D eigenvalue weighted by atomic mass is 32.3. The van der Waals surface area contributed by atoms with E-state index in [-0.39, 0.29) is 12.8 Å². The fourth-order valence-corrected chi connectivity index (χ4v) is 2.44. The zero-order chi connectivity index (χ0) is 19.0. The van der Waals surface area contributed by atoms with E-state index in [0.717, 1.165) is 13.8 Å². The molecule has 12 nitrogen and oxygen atoms in total. The zero-order valence-electron chi connectivity index (χ0n) is 12.5. The van der Waals surface area contributed by atoms with Gasteiger partial charge in [0.2, 0.25) is 0 Å². The third-order valence-corrected chi connectivity index (χ3v) is 3.50. The standard InChI is InChI=1S/C10H14O12S2/c1-7(11)19-23(15,16)21-9(13)5-3-4-6-10(14)22-24(17,18)20-8(2)12/h3-6H2,1-2H3. The predicted octanol–water partition coefficient (Wildman–Crippen LogP) is -0.751. The molecule has 138 valence electrons. The molecule has 0 aliphatic heterocycles. The summed E-state index contributed by atoms with van der Waals surface area (Å²) in [5.41, 5.74) is 0. The molecule has 14 heteroatoms. The Bertz CT molecular complexity index is 640. The topological polar surface area (TPSA) is 173 Å². The van der Waals surface area contributed by atoms with Crippen molar-refractivity contribution in [3.63, 3.8) is 0 Å². The molecule has 0 aliphatic rings. The van der Waals surface area contributed by atoms with Crippen molar-refractivity contribution in [2.24, 2.45) is 0 Å². The Hall–Kier alpha value is -2.22. The van der Waals surface area contributed by atoms with Gasteiger partial charge in [0.1, 0.15) is 0 Å². The van der Waals surface area contributed by atoms with Crippen LogP contribution < -0.4 is 0 Å². The molecule has 0 amide bonds. The van der Waals surface area contributed by atoms with Crippen LogP contribution in [0, 0.1) is 0 Å². The van der Waals surface area contributed by atoms with Gasteiger partial charge in [-0.3, -0.25) is 19.2 Å². The van der Waals surface area contributed by atoms with Crippen molar-refractivity contribution in [3.05, 3.63) is 0 Å². The van der Waals surface area contributed by atoms with Gasteiger partial charge in [-0.2, -0.15) is 0 Å². The first-order chi connectivity index (χ1) is 10.8. The van der Waals surface area contributed by atoms with Crippen LogP contribution in [0.15, 0.2) is 0 Å². The molecule has 0 rings (SSSR count). The summed E-state index contributed by atoms with van der Waals surface area (Å²) in [6, 6.07) is 0.